The molecule has 0 aliphatic carbocycles. The Hall–Kier alpha value is -1.65. The zero-order valence-electron chi connectivity index (χ0n) is 10.9. The van der Waals surface area contributed by atoms with Crippen molar-refractivity contribution in [1.82, 2.24) is 4.98 Å². The molecule has 3 rings (SSSR count). The van der Waals surface area contributed by atoms with Crippen molar-refractivity contribution < 1.29 is 0 Å². The van der Waals surface area contributed by atoms with E-state index >= 15 is 0 Å². The second-order valence-corrected chi connectivity index (χ2v) is 6.39. The summed E-state index contributed by atoms with van der Waals surface area (Å²) in [5.74, 6) is 0. The Morgan fingerprint density at radius 3 is 2.55 bits per heavy atom. The number of hydrogen-bond acceptors (Lipinski definition) is 3. The van der Waals surface area contributed by atoms with E-state index in [0.717, 1.165) is 26.4 Å². The lowest BCUT2D eigenvalue weighted by Crippen LogP contribution is -1.85. The van der Waals surface area contributed by atoms with Crippen molar-refractivity contribution in [3.05, 3.63) is 57.9 Å². The van der Waals surface area contributed by atoms with Crippen LogP contribution in [0.5, 0.6) is 0 Å². The van der Waals surface area contributed by atoms with Crippen LogP contribution < -0.4 is 5.73 Å². The Balaban J connectivity index is 1.99. The van der Waals surface area contributed by atoms with Gasteiger partial charge in [-0.1, -0.05) is 34.1 Å². The van der Waals surface area contributed by atoms with E-state index in [0.29, 0.717) is 0 Å². The molecule has 100 valence electrons. The van der Waals surface area contributed by atoms with Crippen LogP contribution in [0.3, 0.4) is 0 Å². The van der Waals surface area contributed by atoms with Gasteiger partial charge in [-0.2, -0.15) is 0 Å². The first-order valence-electron chi connectivity index (χ1n) is 6.21. The molecule has 3 aromatic rings. The topological polar surface area (TPSA) is 38.9 Å². The van der Waals surface area contributed by atoms with Gasteiger partial charge in [0, 0.05) is 26.7 Å². The second kappa shape index (κ2) is 5.38. The molecule has 1 heterocycles. The van der Waals surface area contributed by atoms with E-state index in [2.05, 4.69) is 40.4 Å². The summed E-state index contributed by atoms with van der Waals surface area (Å²) in [4.78, 5) is 4.73. The third-order valence-corrected chi connectivity index (χ3v) is 4.50. The summed E-state index contributed by atoms with van der Waals surface area (Å²) in [5, 5.41) is 3.13. The number of halogens is 1. The number of rotatable bonds is 2. The zero-order chi connectivity index (χ0) is 14.1. The van der Waals surface area contributed by atoms with E-state index in [4.69, 9.17) is 10.7 Å². The van der Waals surface area contributed by atoms with Gasteiger partial charge in [-0.05, 0) is 36.8 Å². The third kappa shape index (κ3) is 2.62. The van der Waals surface area contributed by atoms with Gasteiger partial charge in [0.1, 0.15) is 5.01 Å². The number of thiazole rings is 1. The average molecular weight is 345 g/mol. The lowest BCUT2D eigenvalue weighted by molar-refractivity contribution is 1.37. The molecule has 0 amide bonds. The van der Waals surface area contributed by atoms with Crippen LogP contribution in [-0.4, -0.2) is 4.98 Å². The normalized spacial score (nSPS) is 10.7. The highest BCUT2D eigenvalue weighted by Crippen LogP contribution is 2.32. The number of nitrogen functional groups attached to an aromatic ring is 1. The van der Waals surface area contributed by atoms with E-state index in [1.165, 1.54) is 11.1 Å². The zero-order valence-corrected chi connectivity index (χ0v) is 13.3. The van der Waals surface area contributed by atoms with Gasteiger partial charge >= 0.3 is 0 Å². The molecule has 0 fully saturated rings. The molecule has 0 saturated carbocycles. The number of benzene rings is 2. The Morgan fingerprint density at radius 2 is 1.85 bits per heavy atom. The summed E-state index contributed by atoms with van der Waals surface area (Å²) in [7, 11) is 0. The Kier molecular flexibility index (Phi) is 3.59. The molecular formula is C16H13BrN2S. The highest BCUT2D eigenvalue weighted by molar-refractivity contribution is 9.10. The predicted molar refractivity (Wildman–Crippen MR) is 89.8 cm³/mol. The van der Waals surface area contributed by atoms with Crippen LogP contribution in [0.2, 0.25) is 0 Å². The van der Waals surface area contributed by atoms with Crippen molar-refractivity contribution in [2.24, 2.45) is 0 Å². The minimum Gasteiger partial charge on any atom is -0.399 e. The predicted octanol–water partition coefficient (Wildman–Crippen LogP) is 5.13. The minimum absolute atomic E-state index is 0.771. The van der Waals surface area contributed by atoms with Gasteiger partial charge in [0.05, 0.1) is 5.69 Å². The smallest absolute Gasteiger partial charge is 0.124 e. The van der Waals surface area contributed by atoms with Crippen LogP contribution in [0.15, 0.2) is 52.3 Å². The molecule has 0 radical (unpaired) electrons. The van der Waals surface area contributed by atoms with E-state index in [1.54, 1.807) is 11.3 Å². The number of anilines is 1. The Labute approximate surface area is 130 Å². The maximum absolute atomic E-state index is 5.71. The Morgan fingerprint density at radius 1 is 1.10 bits per heavy atom. The van der Waals surface area contributed by atoms with Gasteiger partial charge in [0.25, 0.3) is 0 Å². The molecule has 20 heavy (non-hydrogen) atoms. The van der Waals surface area contributed by atoms with E-state index in [1.807, 2.05) is 30.3 Å². The molecule has 2 aromatic carbocycles. The first-order chi connectivity index (χ1) is 9.63. The molecule has 0 bridgehead atoms. The highest BCUT2D eigenvalue weighted by Gasteiger charge is 2.09. The van der Waals surface area contributed by atoms with Crippen LogP contribution in [0.4, 0.5) is 5.69 Å². The molecule has 0 aliphatic rings. The first-order valence-corrected chi connectivity index (χ1v) is 7.89. The molecule has 2 nitrogen and oxygen atoms in total. The first kappa shape index (κ1) is 13.3. The standard InChI is InChI=1S/C16H13BrN2S/c1-10-8-12(17)4-7-14(10)16-19-15(9-20-16)11-2-5-13(18)6-3-11/h2-9H,18H2,1H3. The number of nitrogens with zero attached hydrogens (tertiary/aromatic N) is 1. The summed E-state index contributed by atoms with van der Waals surface area (Å²) in [6, 6.07) is 14.1. The molecule has 0 unspecified atom stereocenters. The third-order valence-electron chi connectivity index (χ3n) is 3.13. The van der Waals surface area contributed by atoms with Crippen LogP contribution >= 0.6 is 27.3 Å². The molecular weight excluding hydrogens is 332 g/mol. The molecule has 0 saturated heterocycles. The molecule has 0 aliphatic heterocycles. The van der Waals surface area contributed by atoms with E-state index < -0.39 is 0 Å². The van der Waals surface area contributed by atoms with E-state index in [9.17, 15) is 0 Å². The minimum atomic E-state index is 0.771. The van der Waals surface area contributed by atoms with Crippen LogP contribution in [0.25, 0.3) is 21.8 Å². The summed E-state index contributed by atoms with van der Waals surface area (Å²) in [5.41, 5.74) is 11.0. The van der Waals surface area contributed by atoms with Crippen molar-refractivity contribution in [3.8, 4) is 21.8 Å². The Bertz CT molecular complexity index is 747. The van der Waals surface area contributed by atoms with Crippen LogP contribution in [-0.2, 0) is 0 Å². The van der Waals surface area contributed by atoms with Gasteiger partial charge in [0.15, 0.2) is 0 Å². The van der Waals surface area contributed by atoms with Gasteiger partial charge in [0.2, 0.25) is 0 Å². The fraction of sp³-hybridized carbons (Fsp3) is 0.0625. The van der Waals surface area contributed by atoms with Crippen molar-refractivity contribution in [2.75, 3.05) is 5.73 Å². The van der Waals surface area contributed by atoms with Gasteiger partial charge < -0.3 is 5.73 Å². The molecule has 1 aromatic heterocycles. The lowest BCUT2D eigenvalue weighted by atomic mass is 10.1. The fourth-order valence-corrected chi connectivity index (χ4v) is 3.45. The average Bonchev–Trinajstić information content (AvgIpc) is 2.89. The number of hydrogen-bond donors (Lipinski definition) is 1. The summed E-state index contributed by atoms with van der Waals surface area (Å²) in [6.07, 6.45) is 0. The van der Waals surface area contributed by atoms with Gasteiger partial charge in [-0.15, -0.1) is 11.3 Å². The van der Waals surface area contributed by atoms with Gasteiger partial charge in [-0.25, -0.2) is 4.98 Å². The van der Waals surface area contributed by atoms with Gasteiger partial charge in [-0.3, -0.25) is 0 Å². The largest absolute Gasteiger partial charge is 0.399 e. The second-order valence-electron chi connectivity index (χ2n) is 4.62. The quantitative estimate of drug-likeness (QED) is 0.654. The highest BCUT2D eigenvalue weighted by atomic mass is 79.9. The van der Waals surface area contributed by atoms with Crippen molar-refractivity contribution >= 4 is 33.0 Å². The SMILES string of the molecule is Cc1cc(Br)ccc1-c1nc(-c2ccc(N)cc2)cs1. The van der Waals surface area contributed by atoms with Crippen LogP contribution in [0.1, 0.15) is 5.56 Å². The monoisotopic (exact) mass is 344 g/mol. The fourth-order valence-electron chi connectivity index (χ4n) is 2.05. The molecule has 2 N–H and O–H groups in total. The number of aryl methyl sites for hydroxylation is 1. The molecule has 0 atom stereocenters. The molecule has 0 spiro atoms. The van der Waals surface area contributed by atoms with Crippen molar-refractivity contribution in [1.29, 1.82) is 0 Å². The number of nitrogens with two attached hydrogens (primary N) is 1. The molecule has 4 heteroatoms. The van der Waals surface area contributed by atoms with Crippen molar-refractivity contribution in [3.63, 3.8) is 0 Å². The maximum Gasteiger partial charge on any atom is 0.124 e. The van der Waals surface area contributed by atoms with Crippen molar-refractivity contribution in [2.45, 2.75) is 6.92 Å². The summed E-state index contributed by atoms with van der Waals surface area (Å²) >= 11 is 5.15. The lowest BCUT2D eigenvalue weighted by Gasteiger charge is -2.02. The maximum atomic E-state index is 5.71. The number of aromatic nitrogens is 1. The summed E-state index contributed by atoms with van der Waals surface area (Å²) in [6.45, 7) is 2.10. The van der Waals surface area contributed by atoms with Crippen LogP contribution in [0, 0.1) is 6.92 Å². The summed E-state index contributed by atoms with van der Waals surface area (Å²) < 4.78 is 1.09. The van der Waals surface area contributed by atoms with E-state index in [-0.39, 0.29) is 0 Å².